The molecule has 2 aromatic rings. The molecule has 4 heteroatoms. The van der Waals surface area contributed by atoms with E-state index in [0.29, 0.717) is 17.0 Å². The van der Waals surface area contributed by atoms with E-state index in [4.69, 9.17) is 11.6 Å². The van der Waals surface area contributed by atoms with Crippen molar-refractivity contribution in [2.75, 3.05) is 0 Å². The van der Waals surface area contributed by atoms with E-state index in [2.05, 4.69) is 5.10 Å². The molecule has 3 rings (SSSR count). The Bertz CT molecular complexity index is 554. The molecule has 0 unspecified atom stereocenters. The van der Waals surface area contributed by atoms with Crippen LogP contribution in [-0.4, -0.2) is 5.10 Å². The smallest absolute Gasteiger partial charge is 0.234 e. The Balaban J connectivity index is 2.33. The number of fused-ring (bicyclic) bond motifs is 3. The summed E-state index contributed by atoms with van der Waals surface area (Å²) < 4.78 is 0. The fourth-order valence-corrected chi connectivity index (χ4v) is 2.17. The second-order valence-corrected chi connectivity index (χ2v) is 3.92. The highest BCUT2D eigenvalue weighted by Gasteiger charge is 2.26. The summed E-state index contributed by atoms with van der Waals surface area (Å²) in [6.45, 7) is 0. The highest BCUT2D eigenvalue weighted by Crippen LogP contribution is 2.34. The minimum Gasteiger partial charge on any atom is -0.594 e. The summed E-state index contributed by atoms with van der Waals surface area (Å²) in [5.74, 6) is 0. The number of hydrogen-bond donors (Lipinski definition) is 0. The summed E-state index contributed by atoms with van der Waals surface area (Å²) in [6, 6.07) is 9.68. The van der Waals surface area contributed by atoms with Crippen molar-refractivity contribution in [1.29, 1.82) is 0 Å². The molecular formula is C11H7ClN2O. The minimum atomic E-state index is 0.237. The normalized spacial score (nSPS) is 12.3. The van der Waals surface area contributed by atoms with Crippen molar-refractivity contribution in [3.8, 4) is 11.1 Å². The van der Waals surface area contributed by atoms with Crippen molar-refractivity contribution in [1.82, 2.24) is 5.10 Å². The number of nitrogens with zero attached hydrogens (tertiary/aromatic N) is 2. The van der Waals surface area contributed by atoms with Gasteiger partial charge in [-0.2, -0.15) is 0 Å². The Morgan fingerprint density at radius 1 is 1.27 bits per heavy atom. The summed E-state index contributed by atoms with van der Waals surface area (Å²) in [4.78, 5) is 0.623. The summed E-state index contributed by atoms with van der Waals surface area (Å²) in [6.07, 6.45) is 0.638. The molecule has 3 nitrogen and oxygen atoms in total. The van der Waals surface area contributed by atoms with E-state index in [9.17, 15) is 5.21 Å². The molecule has 0 radical (unpaired) electrons. The molecule has 0 aliphatic heterocycles. The molecule has 1 aliphatic rings. The van der Waals surface area contributed by atoms with Crippen LogP contribution in [-0.2, 0) is 6.42 Å². The van der Waals surface area contributed by atoms with Gasteiger partial charge in [0.25, 0.3) is 0 Å². The van der Waals surface area contributed by atoms with Crippen molar-refractivity contribution in [2.45, 2.75) is 6.42 Å². The van der Waals surface area contributed by atoms with Crippen LogP contribution in [0.5, 0.6) is 0 Å². The van der Waals surface area contributed by atoms with E-state index in [1.54, 1.807) is 6.07 Å². The molecule has 1 heterocycles. The van der Waals surface area contributed by atoms with Crippen molar-refractivity contribution in [2.24, 2.45) is 0 Å². The number of benzene rings is 1. The number of hydrogen-bond acceptors (Lipinski definition) is 2. The topological polar surface area (TPSA) is 39.8 Å². The molecule has 0 atom stereocenters. The third-order valence-corrected chi connectivity index (χ3v) is 2.84. The van der Waals surface area contributed by atoms with Crippen molar-refractivity contribution >= 4 is 11.6 Å². The molecule has 1 aliphatic carbocycles. The molecule has 0 amide bonds. The van der Waals surface area contributed by atoms with Gasteiger partial charge in [-0.3, -0.25) is 0 Å². The van der Waals surface area contributed by atoms with Crippen LogP contribution in [0.15, 0.2) is 30.3 Å². The minimum absolute atomic E-state index is 0.237. The zero-order valence-electron chi connectivity index (χ0n) is 7.77. The molecule has 74 valence electrons. The van der Waals surface area contributed by atoms with Gasteiger partial charge in [-0.05, 0) is 17.2 Å². The van der Waals surface area contributed by atoms with E-state index >= 15 is 0 Å². The predicted octanol–water partition coefficient (Wildman–Crippen LogP) is 1.94. The van der Waals surface area contributed by atoms with Gasteiger partial charge >= 0.3 is 0 Å². The molecule has 0 fully saturated rings. The molecular weight excluding hydrogens is 212 g/mol. The van der Waals surface area contributed by atoms with Gasteiger partial charge in [0.1, 0.15) is 0 Å². The van der Waals surface area contributed by atoms with Crippen molar-refractivity contribution < 1.29 is 4.85 Å². The zero-order chi connectivity index (χ0) is 10.4. The number of rotatable bonds is 0. The largest absolute Gasteiger partial charge is 0.594 e. The Hall–Kier alpha value is -1.61. The number of aromatic nitrogens is 2. The summed E-state index contributed by atoms with van der Waals surface area (Å²) in [7, 11) is 0. The first-order chi connectivity index (χ1) is 7.25. The standard InChI is InChI=1S/C11H7ClN2O/c12-11-6-9-8-4-2-1-3-7(8)5-10(9)14(15)13-11/h1-4,6H,5H2. The molecule has 1 aromatic heterocycles. The molecule has 0 saturated heterocycles. The maximum absolute atomic E-state index is 11.5. The van der Waals surface area contributed by atoms with Gasteiger partial charge in [0.05, 0.1) is 12.0 Å². The van der Waals surface area contributed by atoms with Crippen LogP contribution in [0, 0.1) is 5.21 Å². The predicted molar refractivity (Wildman–Crippen MR) is 56.4 cm³/mol. The van der Waals surface area contributed by atoms with E-state index < -0.39 is 0 Å². The highest BCUT2D eigenvalue weighted by molar-refractivity contribution is 6.29. The second kappa shape index (κ2) is 2.94. The first-order valence-electron chi connectivity index (χ1n) is 4.63. The molecule has 0 saturated carbocycles. The van der Waals surface area contributed by atoms with Gasteiger partial charge in [0.2, 0.25) is 5.69 Å². The van der Waals surface area contributed by atoms with Gasteiger partial charge in [0, 0.05) is 5.10 Å². The van der Waals surface area contributed by atoms with E-state index in [0.717, 1.165) is 16.7 Å². The average molecular weight is 219 g/mol. The van der Waals surface area contributed by atoms with Crippen LogP contribution in [0.4, 0.5) is 0 Å². The highest BCUT2D eigenvalue weighted by atomic mass is 35.5. The number of halogens is 1. The molecule has 15 heavy (non-hydrogen) atoms. The first kappa shape index (κ1) is 8.68. The summed E-state index contributed by atoms with van der Waals surface area (Å²) in [5.41, 5.74) is 3.82. The van der Waals surface area contributed by atoms with Crippen molar-refractivity contribution in [3.05, 3.63) is 51.9 Å². The first-order valence-corrected chi connectivity index (χ1v) is 5.01. The Labute approximate surface area is 91.5 Å². The van der Waals surface area contributed by atoms with E-state index in [1.807, 2.05) is 24.3 Å². The Morgan fingerprint density at radius 2 is 2.07 bits per heavy atom. The van der Waals surface area contributed by atoms with E-state index in [-0.39, 0.29) is 5.15 Å². The third-order valence-electron chi connectivity index (χ3n) is 2.66. The fourth-order valence-electron chi connectivity index (χ4n) is 2.00. The second-order valence-electron chi connectivity index (χ2n) is 3.53. The Kier molecular flexibility index (Phi) is 1.70. The zero-order valence-corrected chi connectivity index (χ0v) is 8.53. The van der Waals surface area contributed by atoms with Gasteiger partial charge in [-0.1, -0.05) is 40.7 Å². The lowest BCUT2D eigenvalue weighted by molar-refractivity contribution is -0.675. The maximum Gasteiger partial charge on any atom is 0.234 e. The quantitative estimate of drug-likeness (QED) is 0.427. The van der Waals surface area contributed by atoms with Gasteiger partial charge < -0.3 is 5.21 Å². The lowest BCUT2D eigenvalue weighted by atomic mass is 10.1. The van der Waals surface area contributed by atoms with Gasteiger partial charge in [-0.15, -0.1) is 0 Å². The van der Waals surface area contributed by atoms with Crippen LogP contribution in [0.1, 0.15) is 11.3 Å². The average Bonchev–Trinajstić information content (AvgIpc) is 2.57. The summed E-state index contributed by atoms with van der Waals surface area (Å²) >= 11 is 5.76. The van der Waals surface area contributed by atoms with Gasteiger partial charge in [0.15, 0.2) is 5.15 Å². The van der Waals surface area contributed by atoms with E-state index in [1.165, 1.54) is 0 Å². The van der Waals surface area contributed by atoms with Crippen LogP contribution < -0.4 is 4.85 Å². The van der Waals surface area contributed by atoms with Crippen molar-refractivity contribution in [3.63, 3.8) is 0 Å². The van der Waals surface area contributed by atoms with Crippen LogP contribution in [0.2, 0.25) is 5.15 Å². The molecule has 0 N–H and O–H groups in total. The monoisotopic (exact) mass is 218 g/mol. The van der Waals surface area contributed by atoms with Crippen LogP contribution in [0.3, 0.4) is 0 Å². The lowest BCUT2D eigenvalue weighted by Gasteiger charge is -2.00. The van der Waals surface area contributed by atoms with Crippen LogP contribution in [0.25, 0.3) is 11.1 Å². The third kappa shape index (κ3) is 1.20. The van der Waals surface area contributed by atoms with Gasteiger partial charge in [-0.25, -0.2) is 0 Å². The summed E-state index contributed by atoms with van der Waals surface area (Å²) in [5, 5.41) is 15.4. The molecule has 0 spiro atoms. The Morgan fingerprint density at radius 3 is 2.93 bits per heavy atom. The molecule has 1 aromatic carbocycles. The fraction of sp³-hybridized carbons (Fsp3) is 0.0909. The maximum atomic E-state index is 11.5. The molecule has 0 bridgehead atoms. The lowest BCUT2D eigenvalue weighted by Crippen LogP contribution is -2.35. The van der Waals surface area contributed by atoms with Crippen LogP contribution >= 0.6 is 11.6 Å². The SMILES string of the molecule is [O-][n+]1nc(Cl)cc2c1Cc1ccccc1-2.